The molecular formula is C11H15FN2OS. The van der Waals surface area contributed by atoms with E-state index in [0.717, 1.165) is 5.75 Å². The molecule has 0 saturated heterocycles. The fourth-order valence-electron chi connectivity index (χ4n) is 1.26. The molecule has 0 aliphatic rings. The quantitative estimate of drug-likeness (QED) is 0.802. The van der Waals surface area contributed by atoms with Crippen molar-refractivity contribution in [3.05, 3.63) is 29.8 Å². The number of halogens is 1. The number of hydrogen-bond acceptors (Lipinski definition) is 3. The van der Waals surface area contributed by atoms with E-state index in [0.29, 0.717) is 12.5 Å². The molecule has 0 aromatic carbocycles. The first-order valence-corrected chi connectivity index (χ1v) is 6.42. The monoisotopic (exact) mass is 242 g/mol. The molecule has 1 rings (SSSR count). The molecule has 0 aliphatic heterocycles. The summed E-state index contributed by atoms with van der Waals surface area (Å²) in [6.07, 6.45) is 3.33. The topological polar surface area (TPSA) is 42.0 Å². The van der Waals surface area contributed by atoms with E-state index in [9.17, 15) is 9.18 Å². The number of carbonyl (C=O) groups excluding carboxylic acids is 1. The molecule has 1 heterocycles. The Bertz CT molecular complexity index is 360. The zero-order valence-corrected chi connectivity index (χ0v) is 10.2. The number of carbonyl (C=O) groups is 1. The maximum Gasteiger partial charge on any atom is 0.255 e. The lowest BCUT2D eigenvalue weighted by molar-refractivity contribution is 0.0944. The average Bonchev–Trinajstić information content (AvgIpc) is 2.27. The minimum atomic E-state index is -0.725. The van der Waals surface area contributed by atoms with Gasteiger partial charge in [-0.3, -0.25) is 4.79 Å². The Kier molecular flexibility index (Phi) is 5.25. The highest BCUT2D eigenvalue weighted by Crippen LogP contribution is 2.05. The Morgan fingerprint density at radius 2 is 2.44 bits per heavy atom. The Morgan fingerprint density at radius 1 is 1.69 bits per heavy atom. The first-order chi connectivity index (χ1) is 7.65. The van der Waals surface area contributed by atoms with Crippen LogP contribution in [0.4, 0.5) is 4.39 Å². The lowest BCUT2D eigenvalue weighted by Crippen LogP contribution is -2.29. The summed E-state index contributed by atoms with van der Waals surface area (Å²) in [5.74, 6) is 0.213. The number of nitrogens with one attached hydrogen (secondary N) is 1. The summed E-state index contributed by atoms with van der Waals surface area (Å²) in [6, 6.07) is 2.97. The van der Waals surface area contributed by atoms with Crippen LogP contribution in [0.3, 0.4) is 0 Å². The number of nitrogens with zero attached hydrogens (tertiary/aromatic N) is 1. The second kappa shape index (κ2) is 6.48. The molecule has 0 saturated carbocycles. The Balaban J connectivity index is 2.50. The van der Waals surface area contributed by atoms with Crippen molar-refractivity contribution in [1.82, 2.24) is 10.3 Å². The second-order valence-corrected chi connectivity index (χ2v) is 4.52. The summed E-state index contributed by atoms with van der Waals surface area (Å²) in [5.41, 5.74) is -0.00106. The van der Waals surface area contributed by atoms with E-state index in [1.807, 2.05) is 13.2 Å². The molecular weight excluding hydrogens is 227 g/mol. The van der Waals surface area contributed by atoms with Gasteiger partial charge in [0.25, 0.3) is 5.91 Å². The van der Waals surface area contributed by atoms with Gasteiger partial charge in [-0.2, -0.15) is 16.2 Å². The van der Waals surface area contributed by atoms with Crippen molar-refractivity contribution in [1.29, 1.82) is 0 Å². The Morgan fingerprint density at radius 3 is 3.06 bits per heavy atom. The minimum Gasteiger partial charge on any atom is -0.352 e. The maximum absolute atomic E-state index is 13.1. The molecule has 0 radical (unpaired) electrons. The molecule has 1 N–H and O–H groups in total. The number of thioether (sulfide) groups is 1. The molecule has 1 aromatic heterocycles. The molecule has 1 amide bonds. The van der Waals surface area contributed by atoms with Crippen molar-refractivity contribution in [2.45, 2.75) is 6.92 Å². The van der Waals surface area contributed by atoms with Gasteiger partial charge >= 0.3 is 0 Å². The van der Waals surface area contributed by atoms with Crippen LogP contribution in [0, 0.1) is 11.9 Å². The van der Waals surface area contributed by atoms with Crippen LogP contribution in [-0.4, -0.2) is 29.4 Å². The van der Waals surface area contributed by atoms with Crippen molar-refractivity contribution >= 4 is 17.7 Å². The van der Waals surface area contributed by atoms with E-state index in [-0.39, 0.29) is 5.56 Å². The number of hydrogen-bond donors (Lipinski definition) is 1. The molecule has 0 fully saturated rings. The van der Waals surface area contributed by atoms with E-state index in [1.165, 1.54) is 12.3 Å². The fraction of sp³-hybridized carbons (Fsp3) is 0.455. The Hall–Kier alpha value is -1.10. The van der Waals surface area contributed by atoms with Gasteiger partial charge in [-0.1, -0.05) is 6.92 Å². The van der Waals surface area contributed by atoms with Crippen LogP contribution in [0.2, 0.25) is 0 Å². The molecule has 1 unspecified atom stereocenters. The summed E-state index contributed by atoms with van der Waals surface area (Å²) in [6.45, 7) is 2.59. The molecule has 3 nitrogen and oxygen atoms in total. The van der Waals surface area contributed by atoms with Crippen molar-refractivity contribution in [3.63, 3.8) is 0 Å². The van der Waals surface area contributed by atoms with Crippen LogP contribution in [0.25, 0.3) is 0 Å². The summed E-state index contributed by atoms with van der Waals surface area (Å²) in [7, 11) is 0. The number of rotatable bonds is 5. The largest absolute Gasteiger partial charge is 0.352 e. The van der Waals surface area contributed by atoms with Crippen molar-refractivity contribution < 1.29 is 9.18 Å². The van der Waals surface area contributed by atoms with Crippen molar-refractivity contribution in [3.8, 4) is 0 Å². The van der Waals surface area contributed by atoms with E-state index in [2.05, 4.69) is 10.3 Å². The van der Waals surface area contributed by atoms with Gasteiger partial charge in [0, 0.05) is 12.7 Å². The van der Waals surface area contributed by atoms with E-state index in [1.54, 1.807) is 17.8 Å². The number of pyridine rings is 1. The zero-order valence-electron chi connectivity index (χ0n) is 9.37. The highest BCUT2D eigenvalue weighted by atomic mass is 32.2. The van der Waals surface area contributed by atoms with Crippen molar-refractivity contribution in [2.75, 3.05) is 18.6 Å². The standard InChI is InChI=1S/C11H15FN2OS/c1-8(7-16-2)6-14-11(15)9-4-3-5-13-10(9)12/h3-5,8H,6-7H2,1-2H3,(H,14,15). The van der Waals surface area contributed by atoms with Gasteiger partial charge in [-0.05, 0) is 30.1 Å². The summed E-state index contributed by atoms with van der Waals surface area (Å²) < 4.78 is 13.1. The van der Waals surface area contributed by atoms with Gasteiger partial charge in [-0.15, -0.1) is 0 Å². The molecule has 0 spiro atoms. The number of aromatic nitrogens is 1. The van der Waals surface area contributed by atoms with Gasteiger partial charge in [0.05, 0.1) is 5.56 Å². The van der Waals surface area contributed by atoms with Gasteiger partial charge in [0.15, 0.2) is 0 Å². The third-order valence-corrected chi connectivity index (χ3v) is 2.97. The average molecular weight is 242 g/mol. The van der Waals surface area contributed by atoms with E-state index in [4.69, 9.17) is 0 Å². The molecule has 0 aliphatic carbocycles. The fourth-order valence-corrected chi connectivity index (χ4v) is 1.95. The maximum atomic E-state index is 13.1. The second-order valence-electron chi connectivity index (χ2n) is 3.61. The van der Waals surface area contributed by atoms with Crippen LogP contribution in [-0.2, 0) is 0 Å². The summed E-state index contributed by atoms with van der Waals surface area (Å²) in [5, 5.41) is 2.69. The molecule has 1 atom stereocenters. The van der Waals surface area contributed by atoms with Gasteiger partial charge in [0.2, 0.25) is 5.95 Å². The zero-order chi connectivity index (χ0) is 12.0. The van der Waals surface area contributed by atoms with Crippen LogP contribution in [0.1, 0.15) is 17.3 Å². The third kappa shape index (κ3) is 3.81. The van der Waals surface area contributed by atoms with Crippen LogP contribution in [0.15, 0.2) is 18.3 Å². The van der Waals surface area contributed by atoms with Gasteiger partial charge in [-0.25, -0.2) is 4.98 Å². The molecule has 88 valence electrons. The predicted octanol–water partition coefficient (Wildman–Crippen LogP) is 1.95. The highest BCUT2D eigenvalue weighted by Gasteiger charge is 2.12. The van der Waals surface area contributed by atoms with Crippen LogP contribution >= 0.6 is 11.8 Å². The summed E-state index contributed by atoms with van der Waals surface area (Å²) >= 11 is 1.72. The Labute approximate surface area is 98.8 Å². The molecule has 16 heavy (non-hydrogen) atoms. The number of amides is 1. The first-order valence-electron chi connectivity index (χ1n) is 5.02. The minimum absolute atomic E-state index is 0.00106. The van der Waals surface area contributed by atoms with Crippen LogP contribution < -0.4 is 5.32 Å². The normalized spacial score (nSPS) is 12.2. The SMILES string of the molecule is CSCC(C)CNC(=O)c1cccnc1F. The predicted molar refractivity (Wildman–Crippen MR) is 64.1 cm³/mol. The van der Waals surface area contributed by atoms with E-state index < -0.39 is 11.9 Å². The third-order valence-electron chi connectivity index (χ3n) is 2.07. The highest BCUT2D eigenvalue weighted by molar-refractivity contribution is 7.98. The molecule has 1 aromatic rings. The summed E-state index contributed by atoms with van der Waals surface area (Å²) in [4.78, 5) is 15.0. The lowest BCUT2D eigenvalue weighted by atomic mass is 10.2. The molecule has 0 bridgehead atoms. The molecule has 5 heteroatoms. The smallest absolute Gasteiger partial charge is 0.255 e. The van der Waals surface area contributed by atoms with Gasteiger partial charge in [0.1, 0.15) is 0 Å². The first kappa shape index (κ1) is 13.0. The van der Waals surface area contributed by atoms with Crippen molar-refractivity contribution in [2.24, 2.45) is 5.92 Å². The van der Waals surface area contributed by atoms with E-state index >= 15 is 0 Å². The van der Waals surface area contributed by atoms with Gasteiger partial charge < -0.3 is 5.32 Å². The lowest BCUT2D eigenvalue weighted by Gasteiger charge is -2.11. The van der Waals surface area contributed by atoms with Crippen LogP contribution in [0.5, 0.6) is 0 Å².